The highest BCUT2D eigenvalue weighted by molar-refractivity contribution is 6.30. The van der Waals surface area contributed by atoms with Crippen LogP contribution in [0.1, 0.15) is 17.5 Å². The van der Waals surface area contributed by atoms with E-state index >= 15 is 0 Å². The minimum Gasteiger partial charge on any atom is -0.491 e. The van der Waals surface area contributed by atoms with Crippen LogP contribution >= 0.6 is 11.6 Å². The number of rotatable bonds is 7. The molecule has 2 rings (SSSR count). The van der Waals surface area contributed by atoms with Crippen molar-refractivity contribution in [3.8, 4) is 5.75 Å². The summed E-state index contributed by atoms with van der Waals surface area (Å²) >= 11 is 5.87. The fourth-order valence-corrected chi connectivity index (χ4v) is 2.19. The highest BCUT2D eigenvalue weighted by Gasteiger charge is 1.98. The van der Waals surface area contributed by atoms with E-state index in [1.807, 2.05) is 24.3 Å². The average molecular weight is 291 g/mol. The fourth-order valence-electron chi connectivity index (χ4n) is 2.06. The number of benzene rings is 2. The van der Waals surface area contributed by atoms with Crippen LogP contribution in [0.5, 0.6) is 5.75 Å². The Hall–Kier alpha value is -1.51. The van der Waals surface area contributed by atoms with Crippen LogP contribution in [0.25, 0.3) is 0 Å². The van der Waals surface area contributed by atoms with Crippen molar-refractivity contribution in [3.63, 3.8) is 0 Å². The molecule has 2 nitrogen and oxygen atoms in total. The second-order valence-electron chi connectivity index (χ2n) is 4.70. The molecule has 0 radical (unpaired) electrons. The van der Waals surface area contributed by atoms with Crippen molar-refractivity contribution in [3.05, 3.63) is 64.7 Å². The summed E-state index contributed by atoms with van der Waals surface area (Å²) in [5.41, 5.74) is 2.62. The first kappa shape index (κ1) is 14.9. The second kappa shape index (κ2) is 7.93. The average Bonchev–Trinajstić information content (AvgIpc) is 2.48. The molecule has 0 heterocycles. The third kappa shape index (κ3) is 4.87. The monoisotopic (exact) mass is 290 g/mol. The Labute approximate surface area is 125 Å². The summed E-state index contributed by atoms with van der Waals surface area (Å²) in [6.45, 7) is 0.388. The fraction of sp³-hybridized carbons (Fsp3) is 0.294. The zero-order valence-corrected chi connectivity index (χ0v) is 12.1. The second-order valence-corrected chi connectivity index (χ2v) is 5.13. The van der Waals surface area contributed by atoms with Gasteiger partial charge >= 0.3 is 0 Å². The predicted molar refractivity (Wildman–Crippen MR) is 82.5 cm³/mol. The molecule has 0 bridgehead atoms. The van der Waals surface area contributed by atoms with Crippen LogP contribution in [0.15, 0.2) is 48.5 Å². The van der Waals surface area contributed by atoms with Gasteiger partial charge in [-0.3, -0.25) is 0 Å². The molecular formula is C17H19ClO2. The molecule has 0 amide bonds. The van der Waals surface area contributed by atoms with E-state index in [4.69, 9.17) is 21.4 Å². The van der Waals surface area contributed by atoms with E-state index in [9.17, 15) is 0 Å². The van der Waals surface area contributed by atoms with Gasteiger partial charge in [0.15, 0.2) is 0 Å². The molecule has 0 unspecified atom stereocenters. The first-order chi connectivity index (χ1) is 9.78. The van der Waals surface area contributed by atoms with Crippen molar-refractivity contribution in [2.75, 3.05) is 13.2 Å². The molecular weight excluding hydrogens is 272 g/mol. The van der Waals surface area contributed by atoms with Gasteiger partial charge in [-0.1, -0.05) is 35.9 Å². The predicted octanol–water partition coefficient (Wildman–Crippen LogP) is 3.89. The maximum atomic E-state index is 8.69. The summed E-state index contributed by atoms with van der Waals surface area (Å²) < 4.78 is 5.33. The van der Waals surface area contributed by atoms with Gasteiger partial charge in [0, 0.05) is 5.02 Å². The van der Waals surface area contributed by atoms with E-state index in [-0.39, 0.29) is 6.61 Å². The van der Waals surface area contributed by atoms with Crippen LogP contribution in [-0.2, 0) is 12.8 Å². The minimum absolute atomic E-state index is 0.0445. The van der Waals surface area contributed by atoms with Gasteiger partial charge in [0.05, 0.1) is 6.61 Å². The van der Waals surface area contributed by atoms with Crippen LogP contribution in [0.3, 0.4) is 0 Å². The summed E-state index contributed by atoms with van der Waals surface area (Å²) in [6.07, 6.45) is 3.21. The van der Waals surface area contributed by atoms with Crippen molar-refractivity contribution >= 4 is 11.6 Å². The minimum atomic E-state index is 0.0445. The van der Waals surface area contributed by atoms with E-state index < -0.39 is 0 Å². The smallest absolute Gasteiger partial charge is 0.119 e. The van der Waals surface area contributed by atoms with Gasteiger partial charge in [0.25, 0.3) is 0 Å². The maximum absolute atomic E-state index is 8.69. The zero-order valence-electron chi connectivity index (χ0n) is 11.4. The third-order valence-electron chi connectivity index (χ3n) is 3.13. The lowest BCUT2D eigenvalue weighted by molar-refractivity contribution is 0.201. The number of halogens is 1. The zero-order chi connectivity index (χ0) is 14.2. The van der Waals surface area contributed by atoms with Crippen LogP contribution < -0.4 is 4.74 Å². The van der Waals surface area contributed by atoms with Crippen molar-refractivity contribution < 1.29 is 9.84 Å². The van der Waals surface area contributed by atoms with Gasteiger partial charge in [-0.05, 0) is 54.7 Å². The lowest BCUT2D eigenvalue weighted by atomic mass is 10.0. The van der Waals surface area contributed by atoms with Gasteiger partial charge in [0.2, 0.25) is 0 Å². The molecule has 2 aromatic carbocycles. The van der Waals surface area contributed by atoms with Gasteiger partial charge < -0.3 is 9.84 Å². The van der Waals surface area contributed by atoms with E-state index in [1.54, 1.807) is 0 Å². The van der Waals surface area contributed by atoms with Crippen molar-refractivity contribution in [2.45, 2.75) is 19.3 Å². The van der Waals surface area contributed by atoms with Gasteiger partial charge in [-0.15, -0.1) is 0 Å². The molecule has 0 spiro atoms. The molecule has 0 saturated heterocycles. The van der Waals surface area contributed by atoms with Gasteiger partial charge in [-0.2, -0.15) is 0 Å². The van der Waals surface area contributed by atoms with Crippen molar-refractivity contribution in [2.24, 2.45) is 0 Å². The SMILES string of the molecule is OCCOc1ccc(CCCc2ccc(Cl)cc2)cc1. The Morgan fingerprint density at radius 2 is 1.40 bits per heavy atom. The third-order valence-corrected chi connectivity index (χ3v) is 3.38. The van der Waals surface area contributed by atoms with Gasteiger partial charge in [-0.25, -0.2) is 0 Å². The summed E-state index contributed by atoms with van der Waals surface area (Å²) in [6, 6.07) is 16.1. The maximum Gasteiger partial charge on any atom is 0.119 e. The molecule has 106 valence electrons. The topological polar surface area (TPSA) is 29.5 Å². The summed E-state index contributed by atoms with van der Waals surface area (Å²) in [7, 11) is 0. The first-order valence-corrected chi connectivity index (χ1v) is 7.23. The quantitative estimate of drug-likeness (QED) is 0.838. The summed E-state index contributed by atoms with van der Waals surface area (Å²) in [5.74, 6) is 0.806. The Morgan fingerprint density at radius 3 is 1.95 bits per heavy atom. The molecule has 0 saturated carbocycles. The highest BCUT2D eigenvalue weighted by Crippen LogP contribution is 2.15. The Kier molecular flexibility index (Phi) is 5.90. The van der Waals surface area contributed by atoms with E-state index in [2.05, 4.69) is 24.3 Å². The normalized spacial score (nSPS) is 10.5. The van der Waals surface area contributed by atoms with E-state index in [1.165, 1.54) is 11.1 Å². The van der Waals surface area contributed by atoms with Gasteiger partial charge in [0.1, 0.15) is 12.4 Å². The van der Waals surface area contributed by atoms with Crippen molar-refractivity contribution in [1.82, 2.24) is 0 Å². The van der Waals surface area contributed by atoms with E-state index in [0.717, 1.165) is 30.0 Å². The molecule has 2 aromatic rings. The molecule has 1 N–H and O–H groups in total. The Bertz CT molecular complexity index is 506. The number of hydrogen-bond acceptors (Lipinski definition) is 2. The lowest BCUT2D eigenvalue weighted by Gasteiger charge is -2.06. The van der Waals surface area contributed by atoms with Crippen LogP contribution in [-0.4, -0.2) is 18.3 Å². The van der Waals surface area contributed by atoms with Crippen molar-refractivity contribution in [1.29, 1.82) is 0 Å². The first-order valence-electron chi connectivity index (χ1n) is 6.85. The standard InChI is InChI=1S/C17H19ClO2/c18-16-8-4-14(5-9-16)2-1-3-15-6-10-17(11-7-15)20-13-12-19/h4-11,19H,1-3,12-13H2. The largest absolute Gasteiger partial charge is 0.491 e. The molecule has 3 heteroatoms. The Morgan fingerprint density at radius 1 is 0.850 bits per heavy atom. The summed E-state index contributed by atoms with van der Waals surface area (Å²) in [4.78, 5) is 0. The number of aliphatic hydroxyl groups is 1. The Balaban J connectivity index is 1.77. The molecule has 0 aliphatic heterocycles. The highest BCUT2D eigenvalue weighted by atomic mass is 35.5. The van der Waals surface area contributed by atoms with Crippen LogP contribution in [0.2, 0.25) is 5.02 Å². The number of aliphatic hydroxyl groups excluding tert-OH is 1. The molecule has 0 fully saturated rings. The molecule has 0 aliphatic rings. The molecule has 0 atom stereocenters. The molecule has 0 aliphatic carbocycles. The molecule has 20 heavy (non-hydrogen) atoms. The van der Waals surface area contributed by atoms with Crippen LogP contribution in [0.4, 0.5) is 0 Å². The number of aryl methyl sites for hydroxylation is 2. The number of hydrogen-bond donors (Lipinski definition) is 1. The summed E-state index contributed by atoms with van der Waals surface area (Å²) in [5, 5.41) is 9.47. The number of ether oxygens (including phenoxy) is 1. The lowest BCUT2D eigenvalue weighted by Crippen LogP contribution is -2.01. The molecule has 0 aromatic heterocycles. The van der Waals surface area contributed by atoms with Crippen LogP contribution in [0, 0.1) is 0 Å². The van der Waals surface area contributed by atoms with E-state index in [0.29, 0.717) is 6.61 Å².